The number of piperidine rings is 1. The molecular weight excluding hydrogens is 545 g/mol. The molecule has 2 fully saturated rings. The van der Waals surface area contributed by atoms with Crippen molar-refractivity contribution in [3.8, 4) is 5.75 Å². The van der Waals surface area contributed by atoms with Gasteiger partial charge < -0.3 is 19.4 Å². The lowest BCUT2D eigenvalue weighted by Gasteiger charge is -2.53. The fourth-order valence-electron chi connectivity index (χ4n) is 5.99. The molecule has 1 saturated heterocycles. The molecule has 1 atom stereocenters. The molecule has 11 heteroatoms. The smallest absolute Gasteiger partial charge is 0.404 e. The van der Waals surface area contributed by atoms with Gasteiger partial charge in [-0.2, -0.15) is 13.2 Å². The SMILES string of the molecule is COc1cccc(C(C(=O)N(C)CCC2CC3(CCN(c4ccc(C(=O)N(C)C)c(Cl)n4)CC3)C2)C(F)(F)F)c1. The number of benzene rings is 1. The quantitative estimate of drug-likeness (QED) is 0.378. The Hall–Kier alpha value is -3.01. The van der Waals surface area contributed by atoms with Gasteiger partial charge in [0.1, 0.15) is 16.7 Å². The van der Waals surface area contributed by atoms with Crippen LogP contribution < -0.4 is 9.64 Å². The van der Waals surface area contributed by atoms with E-state index in [1.807, 2.05) is 6.07 Å². The number of alkyl halides is 3. The second kappa shape index (κ2) is 11.8. The second-order valence-electron chi connectivity index (χ2n) is 11.3. The number of methoxy groups -OCH3 is 1. The minimum atomic E-state index is -4.70. The van der Waals surface area contributed by atoms with Crippen molar-refractivity contribution in [3.05, 3.63) is 52.7 Å². The Morgan fingerprint density at radius 1 is 1.15 bits per heavy atom. The number of pyridine rings is 1. The zero-order valence-electron chi connectivity index (χ0n) is 23.3. The Labute approximate surface area is 238 Å². The highest BCUT2D eigenvalue weighted by Gasteiger charge is 2.48. The van der Waals surface area contributed by atoms with Crippen LogP contribution in [0.25, 0.3) is 0 Å². The van der Waals surface area contributed by atoms with E-state index in [1.54, 1.807) is 26.2 Å². The first-order chi connectivity index (χ1) is 18.8. The van der Waals surface area contributed by atoms with Crippen molar-refractivity contribution in [1.82, 2.24) is 14.8 Å². The largest absolute Gasteiger partial charge is 0.497 e. The maximum atomic E-state index is 13.9. The lowest BCUT2D eigenvalue weighted by atomic mass is 9.57. The zero-order chi connectivity index (χ0) is 29.2. The monoisotopic (exact) mass is 580 g/mol. The minimum Gasteiger partial charge on any atom is -0.497 e. The van der Waals surface area contributed by atoms with Crippen LogP contribution in [0, 0.1) is 11.3 Å². The van der Waals surface area contributed by atoms with Crippen molar-refractivity contribution in [2.45, 2.75) is 44.2 Å². The van der Waals surface area contributed by atoms with E-state index in [0.717, 1.165) is 44.6 Å². The summed E-state index contributed by atoms with van der Waals surface area (Å²) in [6, 6.07) is 9.15. The third-order valence-electron chi connectivity index (χ3n) is 8.31. The summed E-state index contributed by atoms with van der Waals surface area (Å²) in [6.45, 7) is 1.93. The van der Waals surface area contributed by atoms with Crippen LogP contribution in [-0.4, -0.2) is 80.7 Å². The number of halogens is 4. The van der Waals surface area contributed by atoms with E-state index in [4.69, 9.17) is 16.3 Å². The van der Waals surface area contributed by atoms with Crippen molar-refractivity contribution >= 4 is 29.2 Å². The third kappa shape index (κ3) is 6.48. The molecule has 1 aromatic heterocycles. The highest BCUT2D eigenvalue weighted by atomic mass is 35.5. The Balaban J connectivity index is 1.28. The molecule has 4 rings (SSSR count). The summed E-state index contributed by atoms with van der Waals surface area (Å²) < 4.78 is 46.8. The standard InChI is InChI=1S/C29H36ClF3N4O3/c1-35(2)26(38)22-8-9-23(34-25(22)30)37-14-11-28(12-15-37)17-19(18-28)10-13-36(3)27(39)24(29(31,32)33)20-6-5-7-21(16-20)40-4/h5-9,16,19,24H,10-15,17-18H2,1-4H3. The van der Waals surface area contributed by atoms with Gasteiger partial charge in [-0.3, -0.25) is 9.59 Å². The van der Waals surface area contributed by atoms with E-state index in [0.29, 0.717) is 17.9 Å². The summed E-state index contributed by atoms with van der Waals surface area (Å²) in [7, 11) is 6.16. The molecule has 1 aliphatic heterocycles. The molecule has 1 saturated carbocycles. The predicted molar refractivity (Wildman–Crippen MR) is 148 cm³/mol. The van der Waals surface area contributed by atoms with Crippen molar-refractivity contribution in [2.75, 3.05) is 52.8 Å². The molecule has 1 aliphatic carbocycles. The number of amides is 2. The molecular formula is C29H36ClF3N4O3. The fraction of sp³-hybridized carbons (Fsp3) is 0.552. The molecule has 1 spiro atoms. The van der Waals surface area contributed by atoms with Crippen LogP contribution in [0.1, 0.15) is 53.9 Å². The maximum absolute atomic E-state index is 13.9. The van der Waals surface area contributed by atoms with Crippen molar-refractivity contribution in [2.24, 2.45) is 11.3 Å². The van der Waals surface area contributed by atoms with Gasteiger partial charge in [-0.25, -0.2) is 4.98 Å². The van der Waals surface area contributed by atoms with Gasteiger partial charge in [0.25, 0.3) is 5.91 Å². The summed E-state index contributed by atoms with van der Waals surface area (Å²) in [5.74, 6) is -1.95. The number of ether oxygens (including phenoxy) is 1. The molecule has 2 aliphatic rings. The van der Waals surface area contributed by atoms with Crippen LogP contribution in [0.5, 0.6) is 5.75 Å². The third-order valence-corrected chi connectivity index (χ3v) is 8.60. The summed E-state index contributed by atoms with van der Waals surface area (Å²) in [5, 5.41) is 0.193. The highest BCUT2D eigenvalue weighted by molar-refractivity contribution is 6.32. The van der Waals surface area contributed by atoms with Crippen molar-refractivity contribution in [3.63, 3.8) is 0 Å². The number of hydrogen-bond donors (Lipinski definition) is 0. The Bertz CT molecular complexity index is 1220. The van der Waals surface area contributed by atoms with Gasteiger partial charge in [0.15, 0.2) is 5.92 Å². The molecule has 7 nitrogen and oxygen atoms in total. The summed E-state index contributed by atoms with van der Waals surface area (Å²) in [6.07, 6.45) is -0.0376. The van der Waals surface area contributed by atoms with Crippen LogP contribution in [0.2, 0.25) is 5.15 Å². The molecule has 2 amide bonds. The number of anilines is 1. The predicted octanol–water partition coefficient (Wildman–Crippen LogP) is 5.64. The molecule has 0 N–H and O–H groups in total. The van der Waals surface area contributed by atoms with E-state index < -0.39 is 18.0 Å². The normalized spacial score (nSPS) is 17.8. The second-order valence-corrected chi connectivity index (χ2v) is 11.6. The average molecular weight is 581 g/mol. The first-order valence-electron chi connectivity index (χ1n) is 13.4. The van der Waals surface area contributed by atoms with Gasteiger partial charge in [0.05, 0.1) is 12.7 Å². The first-order valence-corrected chi connectivity index (χ1v) is 13.8. The van der Waals surface area contributed by atoms with Gasteiger partial charge >= 0.3 is 6.18 Å². The fourth-order valence-corrected chi connectivity index (χ4v) is 6.22. The molecule has 1 aromatic carbocycles. The number of carbonyl (C=O) groups excluding carboxylic acids is 2. The molecule has 1 unspecified atom stereocenters. The zero-order valence-corrected chi connectivity index (χ0v) is 24.1. The average Bonchev–Trinajstić information content (AvgIpc) is 2.89. The van der Waals surface area contributed by atoms with E-state index in [9.17, 15) is 22.8 Å². The van der Waals surface area contributed by atoms with E-state index >= 15 is 0 Å². The lowest BCUT2D eigenvalue weighted by Crippen LogP contribution is -2.48. The Morgan fingerprint density at radius 3 is 2.40 bits per heavy atom. The number of aromatic nitrogens is 1. The summed E-state index contributed by atoms with van der Waals surface area (Å²) >= 11 is 6.30. The van der Waals surface area contributed by atoms with Crippen molar-refractivity contribution in [1.29, 1.82) is 0 Å². The molecule has 2 aromatic rings. The van der Waals surface area contributed by atoms with Gasteiger partial charge in [0.2, 0.25) is 5.91 Å². The number of carbonyl (C=O) groups is 2. The first kappa shape index (κ1) is 30.0. The van der Waals surface area contributed by atoms with Crippen LogP contribution >= 0.6 is 11.6 Å². The van der Waals surface area contributed by atoms with Crippen LogP contribution in [0.4, 0.5) is 19.0 Å². The molecule has 40 heavy (non-hydrogen) atoms. The molecule has 2 heterocycles. The molecule has 218 valence electrons. The van der Waals surface area contributed by atoms with Crippen LogP contribution in [-0.2, 0) is 4.79 Å². The van der Waals surface area contributed by atoms with Crippen molar-refractivity contribution < 1.29 is 27.5 Å². The summed E-state index contributed by atoms with van der Waals surface area (Å²) in [5.41, 5.74) is 0.482. The Kier molecular flexibility index (Phi) is 8.87. The van der Waals surface area contributed by atoms with Crippen LogP contribution in [0.15, 0.2) is 36.4 Å². The minimum absolute atomic E-state index is 0.118. The van der Waals surface area contributed by atoms with Gasteiger partial charge in [0, 0.05) is 40.8 Å². The van der Waals surface area contributed by atoms with Gasteiger partial charge in [-0.1, -0.05) is 23.7 Å². The number of nitrogens with zero attached hydrogens (tertiary/aromatic N) is 4. The summed E-state index contributed by atoms with van der Waals surface area (Å²) in [4.78, 5) is 34.4. The molecule has 0 radical (unpaired) electrons. The van der Waals surface area contributed by atoms with E-state index in [-0.39, 0.29) is 34.3 Å². The van der Waals surface area contributed by atoms with E-state index in [1.165, 1.54) is 42.2 Å². The molecule has 0 bridgehead atoms. The van der Waals surface area contributed by atoms with Gasteiger partial charge in [-0.05, 0) is 73.3 Å². The lowest BCUT2D eigenvalue weighted by molar-refractivity contribution is -0.171. The maximum Gasteiger partial charge on any atom is 0.404 e. The number of likely N-dealkylation sites (N-methyl/N-ethyl adjacent to an activating group) is 1. The highest BCUT2D eigenvalue weighted by Crippen LogP contribution is 2.54. The number of hydrogen-bond acceptors (Lipinski definition) is 5. The Morgan fingerprint density at radius 2 is 1.82 bits per heavy atom. The number of rotatable bonds is 8. The van der Waals surface area contributed by atoms with Crippen LogP contribution in [0.3, 0.4) is 0 Å². The van der Waals surface area contributed by atoms with E-state index in [2.05, 4.69) is 9.88 Å². The van der Waals surface area contributed by atoms with Gasteiger partial charge in [-0.15, -0.1) is 0 Å². The topological polar surface area (TPSA) is 66.0 Å².